The number of carbonyl (C=O) groups excluding carboxylic acids is 3. The van der Waals surface area contributed by atoms with Gasteiger partial charge < -0.3 is 4.90 Å². The number of rotatable bonds is 10. The van der Waals surface area contributed by atoms with Crippen LogP contribution in [0, 0.1) is 11.3 Å². The molecule has 42 heavy (non-hydrogen) atoms. The maximum atomic E-state index is 13.5. The number of hydrogen-bond acceptors (Lipinski definition) is 7. The van der Waals surface area contributed by atoms with Crippen molar-refractivity contribution in [3.63, 3.8) is 0 Å². The summed E-state index contributed by atoms with van der Waals surface area (Å²) in [7, 11) is 0. The number of halogens is 3. The lowest BCUT2D eigenvalue weighted by atomic mass is 10.0. The van der Waals surface area contributed by atoms with Gasteiger partial charge in [-0.25, -0.2) is 15.2 Å². The number of carbonyl (C=O) groups is 3. The van der Waals surface area contributed by atoms with Crippen molar-refractivity contribution in [1.82, 2.24) is 25.4 Å². The second-order valence-electron chi connectivity index (χ2n) is 10.3. The van der Waals surface area contributed by atoms with E-state index in [1.165, 1.54) is 24.8 Å². The molecule has 1 saturated heterocycles. The van der Waals surface area contributed by atoms with Gasteiger partial charge in [-0.1, -0.05) is 35.9 Å². The summed E-state index contributed by atoms with van der Waals surface area (Å²) >= 11 is 0. The summed E-state index contributed by atoms with van der Waals surface area (Å²) in [5, 5.41) is 25.9. The molecule has 11 nitrogen and oxygen atoms in total. The number of imide groups is 1. The lowest BCUT2D eigenvalue weighted by molar-refractivity contribution is -0.137. The third-order valence-corrected chi connectivity index (χ3v) is 7.06. The van der Waals surface area contributed by atoms with Crippen molar-refractivity contribution in [2.24, 2.45) is 0 Å². The molecule has 0 unspecified atom stereocenters. The Morgan fingerprint density at radius 3 is 2.45 bits per heavy atom. The Bertz CT molecular complexity index is 1530. The van der Waals surface area contributed by atoms with Crippen LogP contribution in [0.3, 0.4) is 0 Å². The molecule has 0 radical (unpaired) electrons. The monoisotopic (exact) mass is 583 g/mol. The summed E-state index contributed by atoms with van der Waals surface area (Å²) in [4.78, 5) is 39.6. The Labute approximate surface area is 239 Å². The van der Waals surface area contributed by atoms with Gasteiger partial charge >= 0.3 is 12.2 Å². The molecule has 2 heterocycles. The lowest BCUT2D eigenvalue weighted by Crippen LogP contribution is -2.43. The van der Waals surface area contributed by atoms with E-state index in [9.17, 15) is 27.6 Å². The first-order valence-corrected chi connectivity index (χ1v) is 13.1. The van der Waals surface area contributed by atoms with Crippen LogP contribution < -0.4 is 10.4 Å². The van der Waals surface area contributed by atoms with E-state index in [-0.39, 0.29) is 18.7 Å². The smallest absolute Gasteiger partial charge is 0.305 e. The zero-order valence-corrected chi connectivity index (χ0v) is 22.9. The maximum Gasteiger partial charge on any atom is 0.417 e. The van der Waals surface area contributed by atoms with Crippen LogP contribution in [0.5, 0.6) is 0 Å². The molecule has 0 spiro atoms. The van der Waals surface area contributed by atoms with E-state index in [1.54, 1.807) is 40.6 Å². The molecule has 3 aromatic rings. The lowest BCUT2D eigenvalue weighted by Gasteiger charge is -2.27. The maximum absolute atomic E-state index is 13.5. The van der Waals surface area contributed by atoms with Gasteiger partial charge in [0.05, 0.1) is 29.1 Å². The number of nitrogens with zero attached hydrogens (tertiary/aromatic N) is 6. The van der Waals surface area contributed by atoms with Crippen LogP contribution >= 0.6 is 0 Å². The molecular formula is C28H28F3N7O4. The Hall–Kier alpha value is -4.77. The number of nitrogens with one attached hydrogen (secondary N) is 1. The highest BCUT2D eigenvalue weighted by Gasteiger charge is 2.52. The number of hydroxylamine groups is 1. The van der Waals surface area contributed by atoms with E-state index in [0.29, 0.717) is 35.2 Å². The normalized spacial score (nSPS) is 14.8. The second-order valence-corrected chi connectivity index (χ2v) is 10.3. The summed E-state index contributed by atoms with van der Waals surface area (Å²) in [5.74, 6) is -1.11. The second kappa shape index (κ2) is 12.0. The third-order valence-electron chi connectivity index (χ3n) is 7.06. The van der Waals surface area contributed by atoms with Gasteiger partial charge in [0.1, 0.15) is 11.2 Å². The SMILES string of the molecule is CC1(C)C(=O)N(c2ccc(C#N)c(C(F)(F)F)c2)C(=O)N1Cc1ccc(-c2cn(CCCCCC(=O)NO)nn2)cc1. The van der Waals surface area contributed by atoms with Crippen LogP contribution in [0.15, 0.2) is 48.7 Å². The molecule has 0 aliphatic carbocycles. The van der Waals surface area contributed by atoms with Crippen LogP contribution in [0.1, 0.15) is 56.2 Å². The molecule has 14 heteroatoms. The van der Waals surface area contributed by atoms with Gasteiger partial charge in [0, 0.05) is 25.1 Å². The minimum absolute atomic E-state index is 0.0256. The molecule has 0 bridgehead atoms. The molecule has 4 rings (SSSR count). The summed E-state index contributed by atoms with van der Waals surface area (Å²) in [5.41, 5.74) is 0.249. The van der Waals surface area contributed by atoms with Crippen LogP contribution in [0.25, 0.3) is 11.3 Å². The molecule has 1 fully saturated rings. The predicted octanol–water partition coefficient (Wildman–Crippen LogP) is 4.65. The van der Waals surface area contributed by atoms with Gasteiger partial charge in [0.25, 0.3) is 5.91 Å². The number of amides is 4. The number of aromatic nitrogens is 3. The van der Waals surface area contributed by atoms with E-state index in [2.05, 4.69) is 10.3 Å². The molecular weight excluding hydrogens is 555 g/mol. The molecule has 1 aliphatic rings. The Morgan fingerprint density at radius 1 is 1.10 bits per heavy atom. The minimum Gasteiger partial charge on any atom is -0.305 e. The number of aryl methyl sites for hydroxylation is 1. The summed E-state index contributed by atoms with van der Waals surface area (Å²) < 4.78 is 42.2. The van der Waals surface area contributed by atoms with Gasteiger partial charge in [-0.05, 0) is 50.5 Å². The Morgan fingerprint density at radius 2 is 1.81 bits per heavy atom. The van der Waals surface area contributed by atoms with Crippen molar-refractivity contribution in [3.8, 4) is 17.3 Å². The highest BCUT2D eigenvalue weighted by atomic mass is 19.4. The molecule has 2 N–H and O–H groups in total. The van der Waals surface area contributed by atoms with E-state index >= 15 is 0 Å². The summed E-state index contributed by atoms with van der Waals surface area (Å²) in [6, 6.07) is 10.6. The number of anilines is 1. The molecule has 4 amide bonds. The average Bonchev–Trinajstić information content (AvgIpc) is 3.49. The number of unbranched alkanes of at least 4 members (excludes halogenated alkanes) is 2. The first kappa shape index (κ1) is 30.2. The molecule has 1 aliphatic heterocycles. The highest BCUT2D eigenvalue weighted by Crippen LogP contribution is 2.38. The van der Waals surface area contributed by atoms with Crippen molar-refractivity contribution in [3.05, 3.63) is 65.4 Å². The molecule has 1 aromatic heterocycles. The van der Waals surface area contributed by atoms with Crippen molar-refractivity contribution < 1.29 is 32.8 Å². The van der Waals surface area contributed by atoms with Gasteiger partial charge in [0.2, 0.25) is 5.91 Å². The number of alkyl halides is 3. The first-order chi connectivity index (χ1) is 19.9. The summed E-state index contributed by atoms with van der Waals surface area (Å²) in [6.07, 6.45) is -0.627. The van der Waals surface area contributed by atoms with E-state index in [1.807, 2.05) is 0 Å². The van der Waals surface area contributed by atoms with Crippen LogP contribution in [0.4, 0.5) is 23.7 Å². The standard InChI is InChI=1S/C28H28F3N7O4/c1-27(2)25(40)38(21-12-11-20(15-32)22(14-21)28(29,30)31)26(41)37(27)16-18-7-9-19(10-8-18)23-17-36(35-33-23)13-5-3-4-6-24(39)34-42/h7-12,14,17,42H,3-6,13,16H2,1-2H3,(H,34,39). The van der Waals surface area contributed by atoms with Crippen molar-refractivity contribution >= 4 is 23.5 Å². The molecule has 2 aromatic carbocycles. The number of hydrogen-bond donors (Lipinski definition) is 2. The first-order valence-electron chi connectivity index (χ1n) is 13.1. The zero-order chi connectivity index (χ0) is 30.7. The van der Waals surface area contributed by atoms with Crippen molar-refractivity contribution in [2.75, 3.05) is 4.90 Å². The molecule has 0 saturated carbocycles. The molecule has 0 atom stereocenters. The minimum atomic E-state index is -4.84. The van der Waals surface area contributed by atoms with E-state index < -0.39 is 40.7 Å². The van der Waals surface area contributed by atoms with Gasteiger partial charge in [0.15, 0.2) is 0 Å². The quantitative estimate of drug-likeness (QED) is 0.153. The fourth-order valence-corrected chi connectivity index (χ4v) is 4.63. The van der Waals surface area contributed by atoms with Gasteiger partial charge in [-0.15, -0.1) is 5.10 Å². The summed E-state index contributed by atoms with van der Waals surface area (Å²) in [6.45, 7) is 3.68. The topological polar surface area (TPSA) is 144 Å². The Balaban J connectivity index is 1.44. The van der Waals surface area contributed by atoms with Crippen LogP contribution in [-0.4, -0.2) is 48.5 Å². The predicted molar refractivity (Wildman–Crippen MR) is 143 cm³/mol. The van der Waals surface area contributed by atoms with Gasteiger partial charge in [-0.3, -0.25) is 19.5 Å². The highest BCUT2D eigenvalue weighted by molar-refractivity contribution is 6.23. The Kier molecular flexibility index (Phi) is 8.62. The third kappa shape index (κ3) is 6.26. The van der Waals surface area contributed by atoms with E-state index in [0.717, 1.165) is 30.5 Å². The largest absolute Gasteiger partial charge is 0.417 e. The zero-order valence-electron chi connectivity index (χ0n) is 22.9. The van der Waals surface area contributed by atoms with Gasteiger partial charge in [-0.2, -0.15) is 18.4 Å². The number of nitriles is 1. The van der Waals surface area contributed by atoms with E-state index in [4.69, 9.17) is 10.5 Å². The fourth-order valence-electron chi connectivity index (χ4n) is 4.63. The fraction of sp³-hybridized carbons (Fsp3) is 0.357. The van der Waals surface area contributed by atoms with Crippen molar-refractivity contribution in [1.29, 1.82) is 5.26 Å². The van der Waals surface area contributed by atoms with Crippen LogP contribution in [-0.2, 0) is 28.9 Å². The number of urea groups is 1. The average molecular weight is 584 g/mol. The molecule has 220 valence electrons. The van der Waals surface area contributed by atoms with Crippen LogP contribution in [0.2, 0.25) is 0 Å². The number of benzene rings is 2. The van der Waals surface area contributed by atoms with Crippen molar-refractivity contribution in [2.45, 2.75) is 64.3 Å².